The Balaban J connectivity index is 1.72. The van der Waals surface area contributed by atoms with Crippen LogP contribution in [0.25, 0.3) is 0 Å². The lowest BCUT2D eigenvalue weighted by Gasteiger charge is -2.19. The van der Waals surface area contributed by atoms with Gasteiger partial charge >= 0.3 is 0 Å². The first-order chi connectivity index (χ1) is 9.86. The first kappa shape index (κ1) is 12.6. The molecule has 0 atom stereocenters. The molecule has 0 aliphatic carbocycles. The summed E-state index contributed by atoms with van der Waals surface area (Å²) in [5.41, 5.74) is 1.98. The van der Waals surface area contributed by atoms with E-state index in [2.05, 4.69) is 10.3 Å². The highest BCUT2D eigenvalue weighted by molar-refractivity contribution is 5.55. The minimum absolute atomic E-state index is 0.590. The Morgan fingerprint density at radius 1 is 1.20 bits per heavy atom. The zero-order valence-electron chi connectivity index (χ0n) is 11.3. The van der Waals surface area contributed by atoms with Gasteiger partial charge in [0.15, 0.2) is 11.5 Å². The highest BCUT2D eigenvalue weighted by Crippen LogP contribution is 2.32. The van der Waals surface area contributed by atoms with E-state index in [0.29, 0.717) is 25.6 Å². The molecule has 5 nitrogen and oxygen atoms in total. The van der Waals surface area contributed by atoms with Crippen molar-refractivity contribution in [1.82, 2.24) is 4.98 Å². The molecule has 1 aliphatic rings. The summed E-state index contributed by atoms with van der Waals surface area (Å²) in [5.74, 6) is 2.21. The van der Waals surface area contributed by atoms with Crippen molar-refractivity contribution in [3.8, 4) is 17.4 Å². The van der Waals surface area contributed by atoms with Gasteiger partial charge in [0.25, 0.3) is 0 Å². The lowest BCUT2D eigenvalue weighted by Crippen LogP contribution is -2.15. The van der Waals surface area contributed by atoms with Gasteiger partial charge in [0.05, 0.1) is 7.11 Å². The van der Waals surface area contributed by atoms with Gasteiger partial charge in [-0.05, 0) is 18.2 Å². The van der Waals surface area contributed by atoms with Crippen LogP contribution in [-0.2, 0) is 6.54 Å². The number of benzene rings is 1. The molecule has 1 aromatic carbocycles. The number of hydrogen-bond acceptors (Lipinski definition) is 5. The second-order valence-electron chi connectivity index (χ2n) is 4.38. The first-order valence-electron chi connectivity index (χ1n) is 6.48. The highest BCUT2D eigenvalue weighted by atomic mass is 16.6. The average molecular weight is 272 g/mol. The second kappa shape index (κ2) is 5.69. The number of hydrogen-bond donors (Lipinski definition) is 1. The summed E-state index contributed by atoms with van der Waals surface area (Å²) < 4.78 is 16.3. The largest absolute Gasteiger partial charge is 0.486 e. The normalized spacial score (nSPS) is 12.8. The van der Waals surface area contributed by atoms with Gasteiger partial charge in [0, 0.05) is 30.1 Å². The molecule has 0 bridgehead atoms. The number of ether oxygens (including phenoxy) is 3. The lowest BCUT2D eigenvalue weighted by atomic mass is 10.2. The van der Waals surface area contributed by atoms with Crippen molar-refractivity contribution in [3.05, 3.63) is 42.1 Å². The average Bonchev–Trinajstić information content (AvgIpc) is 2.53. The predicted octanol–water partition coefficient (Wildman–Crippen LogP) is 2.47. The van der Waals surface area contributed by atoms with Crippen LogP contribution in [-0.4, -0.2) is 25.3 Å². The first-order valence-corrected chi connectivity index (χ1v) is 6.48. The van der Waals surface area contributed by atoms with Crippen molar-refractivity contribution < 1.29 is 14.2 Å². The molecule has 0 spiro atoms. The Labute approximate surface area is 117 Å². The van der Waals surface area contributed by atoms with E-state index >= 15 is 0 Å². The third-order valence-corrected chi connectivity index (χ3v) is 3.07. The topological polar surface area (TPSA) is 52.6 Å². The zero-order valence-corrected chi connectivity index (χ0v) is 11.3. The van der Waals surface area contributed by atoms with Crippen molar-refractivity contribution in [3.63, 3.8) is 0 Å². The molecule has 20 heavy (non-hydrogen) atoms. The van der Waals surface area contributed by atoms with Gasteiger partial charge in [0.2, 0.25) is 5.88 Å². The molecule has 1 N–H and O–H groups in total. The maximum Gasteiger partial charge on any atom is 0.218 e. The van der Waals surface area contributed by atoms with Crippen molar-refractivity contribution >= 4 is 5.69 Å². The van der Waals surface area contributed by atoms with Crippen LogP contribution in [0.1, 0.15) is 5.56 Å². The molecule has 5 heteroatoms. The van der Waals surface area contributed by atoms with Gasteiger partial charge in [0.1, 0.15) is 13.2 Å². The van der Waals surface area contributed by atoms with E-state index in [4.69, 9.17) is 14.2 Å². The van der Waals surface area contributed by atoms with E-state index in [-0.39, 0.29) is 0 Å². The molecular formula is C15H16N2O3. The Morgan fingerprint density at radius 3 is 2.90 bits per heavy atom. The van der Waals surface area contributed by atoms with Crippen LogP contribution in [0.15, 0.2) is 36.5 Å². The fourth-order valence-corrected chi connectivity index (χ4v) is 2.09. The van der Waals surface area contributed by atoms with Crippen molar-refractivity contribution in [2.24, 2.45) is 0 Å². The molecule has 3 rings (SSSR count). The molecular weight excluding hydrogens is 256 g/mol. The summed E-state index contributed by atoms with van der Waals surface area (Å²) in [6, 6.07) is 9.70. The van der Waals surface area contributed by atoms with Crippen LogP contribution in [0.4, 0.5) is 5.69 Å². The van der Waals surface area contributed by atoms with Gasteiger partial charge < -0.3 is 19.5 Å². The summed E-state index contributed by atoms with van der Waals surface area (Å²) in [6.45, 7) is 1.83. The van der Waals surface area contributed by atoms with Gasteiger partial charge in [-0.2, -0.15) is 0 Å². The molecule has 1 aliphatic heterocycles. The lowest BCUT2D eigenvalue weighted by molar-refractivity contribution is 0.171. The van der Waals surface area contributed by atoms with Crippen LogP contribution in [0.5, 0.6) is 17.4 Å². The summed E-state index contributed by atoms with van der Waals surface area (Å²) in [7, 11) is 1.62. The summed E-state index contributed by atoms with van der Waals surface area (Å²) in [6.07, 6.45) is 1.71. The van der Waals surface area contributed by atoms with Crippen molar-refractivity contribution in [2.45, 2.75) is 6.54 Å². The minimum atomic E-state index is 0.590. The van der Waals surface area contributed by atoms with E-state index in [9.17, 15) is 0 Å². The summed E-state index contributed by atoms with van der Waals surface area (Å²) in [5, 5.41) is 3.33. The fourth-order valence-electron chi connectivity index (χ4n) is 2.09. The van der Waals surface area contributed by atoms with Gasteiger partial charge in [-0.15, -0.1) is 0 Å². The molecule has 0 amide bonds. The Morgan fingerprint density at radius 2 is 2.05 bits per heavy atom. The molecule has 0 saturated carbocycles. The van der Waals surface area contributed by atoms with Crippen molar-refractivity contribution in [1.29, 1.82) is 0 Å². The number of aromatic nitrogens is 1. The molecule has 1 aromatic heterocycles. The van der Waals surface area contributed by atoms with Gasteiger partial charge in [-0.3, -0.25) is 0 Å². The van der Waals surface area contributed by atoms with Crippen LogP contribution in [0.2, 0.25) is 0 Å². The summed E-state index contributed by atoms with van der Waals surface area (Å²) in [4.78, 5) is 4.17. The number of nitrogens with one attached hydrogen (secondary N) is 1. The molecule has 2 heterocycles. The standard InChI is InChI=1S/C15H16N2O3/c1-18-15-11(3-2-6-16-15)10-17-12-4-5-13-14(9-12)20-8-7-19-13/h2-6,9,17H,7-8,10H2,1H3. The van der Waals surface area contributed by atoms with E-state index < -0.39 is 0 Å². The van der Waals surface area contributed by atoms with Crippen LogP contribution >= 0.6 is 0 Å². The molecule has 0 saturated heterocycles. The molecule has 0 unspecified atom stereocenters. The maximum absolute atomic E-state index is 5.56. The minimum Gasteiger partial charge on any atom is -0.486 e. The predicted molar refractivity (Wildman–Crippen MR) is 75.5 cm³/mol. The van der Waals surface area contributed by atoms with Gasteiger partial charge in [-0.1, -0.05) is 6.07 Å². The smallest absolute Gasteiger partial charge is 0.218 e. The van der Waals surface area contributed by atoms with Crippen LogP contribution < -0.4 is 19.5 Å². The van der Waals surface area contributed by atoms with Crippen LogP contribution in [0, 0.1) is 0 Å². The van der Waals surface area contributed by atoms with Crippen LogP contribution in [0.3, 0.4) is 0 Å². The van der Waals surface area contributed by atoms with Gasteiger partial charge in [-0.25, -0.2) is 4.98 Å². The Hall–Kier alpha value is -2.43. The molecule has 2 aromatic rings. The number of anilines is 1. The number of fused-ring (bicyclic) bond motifs is 1. The number of nitrogens with zero attached hydrogens (tertiary/aromatic N) is 1. The van der Waals surface area contributed by atoms with E-state index in [1.54, 1.807) is 13.3 Å². The maximum atomic E-state index is 5.56. The van der Waals surface area contributed by atoms with E-state index in [1.165, 1.54) is 0 Å². The third kappa shape index (κ3) is 2.61. The monoisotopic (exact) mass is 272 g/mol. The second-order valence-corrected chi connectivity index (χ2v) is 4.38. The van der Waals surface area contributed by atoms with Crippen molar-refractivity contribution in [2.75, 3.05) is 25.6 Å². The van der Waals surface area contributed by atoms with E-state index in [0.717, 1.165) is 22.7 Å². The number of pyridine rings is 1. The SMILES string of the molecule is COc1ncccc1CNc1ccc2c(c1)OCCO2. The zero-order chi connectivity index (χ0) is 13.8. The van der Waals surface area contributed by atoms with E-state index in [1.807, 2.05) is 30.3 Å². The Bertz CT molecular complexity index is 601. The quantitative estimate of drug-likeness (QED) is 0.926. The number of methoxy groups -OCH3 is 1. The summed E-state index contributed by atoms with van der Waals surface area (Å²) >= 11 is 0. The molecule has 0 fully saturated rings. The Kier molecular flexibility index (Phi) is 3.58. The number of rotatable bonds is 4. The third-order valence-electron chi connectivity index (χ3n) is 3.07. The fraction of sp³-hybridized carbons (Fsp3) is 0.267. The molecule has 0 radical (unpaired) electrons. The molecule has 104 valence electrons. The highest BCUT2D eigenvalue weighted by Gasteiger charge is 2.11.